The average molecular weight is 728 g/mol. The number of hydrogen-bond donors (Lipinski definition) is 1. The second kappa shape index (κ2) is 15.0. The van der Waals surface area contributed by atoms with Gasteiger partial charge in [-0.2, -0.15) is 0 Å². The predicted molar refractivity (Wildman–Crippen MR) is 196 cm³/mol. The van der Waals surface area contributed by atoms with Crippen molar-refractivity contribution in [3.63, 3.8) is 0 Å². The van der Waals surface area contributed by atoms with E-state index in [0.29, 0.717) is 11.5 Å². The molecule has 1 atom stereocenters. The lowest BCUT2D eigenvalue weighted by atomic mass is 9.99. The summed E-state index contributed by atoms with van der Waals surface area (Å²) < 4.78 is 1.22. The summed E-state index contributed by atoms with van der Waals surface area (Å²) in [6, 6.07) is 16.3. The van der Waals surface area contributed by atoms with Crippen LogP contribution in [0.25, 0.3) is 10.1 Å². The number of nitrogens with zero attached hydrogens (tertiary/aromatic N) is 4. The number of aromatic nitrogens is 4. The molecule has 0 amide bonds. The monoisotopic (exact) mass is 726 g/mol. The first kappa shape index (κ1) is 33.8. The van der Waals surface area contributed by atoms with Gasteiger partial charge >= 0.3 is 0 Å². The highest BCUT2D eigenvalue weighted by atomic mass is 79.9. The molecule has 1 unspecified atom stereocenters. The molecular weight excluding hydrogens is 688 g/mol. The van der Waals surface area contributed by atoms with Gasteiger partial charge in [-0.3, -0.25) is 14.8 Å². The Balaban J connectivity index is 0.000000137. The molecule has 4 aliphatic rings. The number of halogens is 1. The van der Waals surface area contributed by atoms with Gasteiger partial charge in [0.25, 0.3) is 0 Å². The van der Waals surface area contributed by atoms with Crippen LogP contribution in [0.4, 0.5) is 0 Å². The molecule has 4 aromatic rings. The fourth-order valence-corrected chi connectivity index (χ4v) is 7.07. The lowest BCUT2D eigenvalue weighted by molar-refractivity contribution is 0.112. The predicted octanol–water partition coefficient (Wildman–Crippen LogP) is 9.40. The molecule has 47 heavy (non-hydrogen) atoms. The first-order valence-electron chi connectivity index (χ1n) is 16.0. The summed E-state index contributed by atoms with van der Waals surface area (Å²) >= 11 is 6.79. The molecule has 4 aromatic heterocycles. The largest absolute Gasteiger partial charge is 0.384 e. The van der Waals surface area contributed by atoms with Crippen molar-refractivity contribution < 1.29 is 9.90 Å². The molecule has 0 aromatic carbocycles. The third-order valence-corrected chi connectivity index (χ3v) is 11.2. The van der Waals surface area contributed by atoms with Gasteiger partial charge in [-0.25, -0.2) is 9.97 Å². The summed E-state index contributed by atoms with van der Waals surface area (Å²) in [6.45, 7) is 4.27. The SMILES string of the molecule is CC1=C(Br)c2nc(C3CC3)ccc2C1.CSc1ccc(C(O)C2=C(C)Cc3ccc(C4CC4)nc32)cn1.CSc1ccc(C=O)cn1. The third-order valence-electron chi connectivity index (χ3n) is 8.86. The van der Waals surface area contributed by atoms with Crippen molar-refractivity contribution >= 4 is 55.8 Å². The van der Waals surface area contributed by atoms with Gasteiger partial charge in [0.1, 0.15) is 6.10 Å². The molecule has 4 aliphatic carbocycles. The maximum absolute atomic E-state index is 10.9. The van der Waals surface area contributed by atoms with Crippen LogP contribution in [0.3, 0.4) is 0 Å². The normalized spacial score (nSPS) is 16.9. The number of aliphatic hydroxyl groups is 1. The minimum Gasteiger partial charge on any atom is -0.384 e. The van der Waals surface area contributed by atoms with Crippen LogP contribution in [0.15, 0.2) is 82.1 Å². The summed E-state index contributed by atoms with van der Waals surface area (Å²) in [6.07, 6.45) is 14.5. The maximum atomic E-state index is 10.9. The lowest BCUT2D eigenvalue weighted by Gasteiger charge is -2.15. The van der Waals surface area contributed by atoms with Gasteiger partial charge < -0.3 is 5.11 Å². The third kappa shape index (κ3) is 7.96. The van der Waals surface area contributed by atoms with E-state index in [-0.39, 0.29) is 0 Å². The number of allylic oxidation sites excluding steroid dienone is 2. The zero-order valence-corrected chi connectivity index (χ0v) is 30.4. The molecule has 8 rings (SSSR count). The Morgan fingerprint density at radius 1 is 0.766 bits per heavy atom. The van der Waals surface area contributed by atoms with Crippen LogP contribution in [0.1, 0.15) is 107 Å². The van der Waals surface area contributed by atoms with Crippen molar-refractivity contribution in [3.05, 3.63) is 117 Å². The maximum Gasteiger partial charge on any atom is 0.151 e. The summed E-state index contributed by atoms with van der Waals surface area (Å²) in [7, 11) is 0. The second-order valence-corrected chi connectivity index (χ2v) is 14.9. The van der Waals surface area contributed by atoms with E-state index in [1.807, 2.05) is 30.7 Å². The fourth-order valence-electron chi connectivity index (χ4n) is 5.86. The first-order chi connectivity index (χ1) is 22.8. The highest BCUT2D eigenvalue weighted by molar-refractivity contribution is 9.15. The summed E-state index contributed by atoms with van der Waals surface area (Å²) in [5.74, 6) is 1.38. The van der Waals surface area contributed by atoms with Crippen LogP contribution >= 0.6 is 39.5 Å². The Labute approximate surface area is 294 Å². The fraction of sp³-hybridized carbons (Fsp3) is 0.342. The molecule has 9 heteroatoms. The number of pyridine rings is 4. The van der Waals surface area contributed by atoms with Gasteiger partial charge in [0.2, 0.25) is 0 Å². The Kier molecular flexibility index (Phi) is 10.8. The number of aliphatic hydroxyl groups excluding tert-OH is 1. The van der Waals surface area contributed by atoms with Crippen LogP contribution in [0.5, 0.6) is 0 Å². The molecule has 1 N–H and O–H groups in total. The van der Waals surface area contributed by atoms with Crippen molar-refractivity contribution in [3.8, 4) is 0 Å². The van der Waals surface area contributed by atoms with E-state index in [0.717, 1.165) is 51.9 Å². The highest BCUT2D eigenvalue weighted by Crippen LogP contribution is 2.44. The van der Waals surface area contributed by atoms with Gasteiger partial charge in [-0.05, 0) is 122 Å². The minimum absolute atomic E-state index is 0.623. The van der Waals surface area contributed by atoms with E-state index in [9.17, 15) is 9.90 Å². The number of aldehydes is 1. The molecule has 4 heterocycles. The topological polar surface area (TPSA) is 88.9 Å². The van der Waals surface area contributed by atoms with Gasteiger partial charge in [0.15, 0.2) is 6.29 Å². The van der Waals surface area contributed by atoms with Crippen molar-refractivity contribution in [2.24, 2.45) is 0 Å². The van der Waals surface area contributed by atoms with Crippen molar-refractivity contribution in [1.29, 1.82) is 0 Å². The van der Waals surface area contributed by atoms with Crippen molar-refractivity contribution in [1.82, 2.24) is 19.9 Å². The van der Waals surface area contributed by atoms with Gasteiger partial charge in [-0.15, -0.1) is 23.5 Å². The Bertz CT molecular complexity index is 1830. The van der Waals surface area contributed by atoms with Crippen LogP contribution in [-0.4, -0.2) is 43.8 Å². The molecule has 2 fully saturated rings. The number of rotatable bonds is 7. The standard InChI is InChI=1S/C19H20N2OS.C12H12BrN.C7H7NOS/c1-11-9-13-5-7-15(12-3-4-12)21-18(13)17(11)19(22)14-6-8-16(23-2)20-10-14;1-7-6-9-4-5-10(8-2-3-8)14-12(9)11(7)13;1-10-7-3-2-6(5-9)4-8-7/h5-8,10,12,19,22H,3-4,9H2,1-2H3;4-5,8H,2-3,6H2,1H3;2-5H,1H3. The van der Waals surface area contributed by atoms with Crippen LogP contribution in [0.2, 0.25) is 0 Å². The Morgan fingerprint density at radius 3 is 1.83 bits per heavy atom. The first-order valence-corrected chi connectivity index (χ1v) is 19.2. The highest BCUT2D eigenvalue weighted by Gasteiger charge is 2.31. The Morgan fingerprint density at radius 2 is 1.32 bits per heavy atom. The average Bonchev–Trinajstić information content (AvgIpc) is 4.05. The molecular formula is C38H39BrN4O2S2. The molecule has 6 nitrogen and oxygen atoms in total. The van der Waals surface area contributed by atoms with Crippen LogP contribution < -0.4 is 0 Å². The quantitative estimate of drug-likeness (QED) is 0.149. The molecule has 0 saturated heterocycles. The second-order valence-electron chi connectivity index (χ2n) is 12.5. The van der Waals surface area contributed by atoms with Gasteiger partial charge in [-0.1, -0.05) is 29.3 Å². The van der Waals surface area contributed by atoms with E-state index < -0.39 is 6.10 Å². The van der Waals surface area contributed by atoms with Crippen molar-refractivity contribution in [2.45, 2.75) is 80.4 Å². The van der Waals surface area contributed by atoms with E-state index in [4.69, 9.17) is 9.97 Å². The van der Waals surface area contributed by atoms with E-state index in [1.165, 1.54) is 69.5 Å². The van der Waals surface area contributed by atoms with E-state index >= 15 is 0 Å². The van der Waals surface area contributed by atoms with Crippen LogP contribution in [0, 0.1) is 0 Å². The number of hydrogen-bond acceptors (Lipinski definition) is 8. The molecule has 0 bridgehead atoms. The zero-order chi connectivity index (χ0) is 33.1. The molecule has 0 radical (unpaired) electrons. The minimum atomic E-state index is -0.651. The van der Waals surface area contributed by atoms with E-state index in [2.05, 4.69) is 64.0 Å². The molecule has 2 saturated carbocycles. The smallest absolute Gasteiger partial charge is 0.151 e. The van der Waals surface area contributed by atoms with Crippen molar-refractivity contribution in [2.75, 3.05) is 12.5 Å². The van der Waals surface area contributed by atoms with Crippen LogP contribution in [-0.2, 0) is 12.8 Å². The molecule has 0 aliphatic heterocycles. The number of fused-ring (bicyclic) bond motifs is 2. The lowest BCUT2D eigenvalue weighted by Crippen LogP contribution is -2.04. The zero-order valence-electron chi connectivity index (χ0n) is 27.2. The number of carbonyl (C=O) groups excluding carboxylic acids is 1. The Hall–Kier alpha value is -3.11. The summed E-state index contributed by atoms with van der Waals surface area (Å²) in [5, 5.41) is 12.8. The van der Waals surface area contributed by atoms with Gasteiger partial charge in [0, 0.05) is 56.8 Å². The summed E-state index contributed by atoms with van der Waals surface area (Å²) in [4.78, 5) is 28.2. The molecule has 242 valence electrons. The molecule has 0 spiro atoms. The number of carbonyl (C=O) groups is 1. The summed E-state index contributed by atoms with van der Waals surface area (Å²) in [5.41, 5.74) is 12.3. The van der Waals surface area contributed by atoms with E-state index in [1.54, 1.807) is 42.0 Å². The number of thioether (sulfide) groups is 2. The van der Waals surface area contributed by atoms with Gasteiger partial charge in [0.05, 0.1) is 21.4 Å².